The molecule has 1 amide bonds. The van der Waals surface area contributed by atoms with Crippen LogP contribution >= 0.6 is 0 Å². The van der Waals surface area contributed by atoms with Gasteiger partial charge in [0.05, 0.1) is 0 Å². The molecule has 0 aliphatic carbocycles. The van der Waals surface area contributed by atoms with Gasteiger partial charge in [0.1, 0.15) is 6.61 Å². The Morgan fingerprint density at radius 2 is 1.65 bits per heavy atom. The van der Waals surface area contributed by atoms with Crippen molar-refractivity contribution in [2.24, 2.45) is 0 Å². The van der Waals surface area contributed by atoms with Gasteiger partial charge in [-0.1, -0.05) is 52.0 Å². The van der Waals surface area contributed by atoms with E-state index in [1.165, 1.54) is 32.6 Å². The van der Waals surface area contributed by atoms with Crippen LogP contribution in [0, 0.1) is 0 Å². The maximum Gasteiger partial charge on any atom is 0.333 e. The second kappa shape index (κ2) is 12.7. The normalized spacial score (nSPS) is 11.6. The van der Waals surface area contributed by atoms with Crippen molar-refractivity contribution in [3.8, 4) is 0 Å². The molecule has 0 radical (unpaired) electrons. The molecule has 2 N–H and O–H groups in total. The second-order valence-corrected chi connectivity index (χ2v) is 5.71. The number of amides is 1. The lowest BCUT2D eigenvalue weighted by Crippen LogP contribution is -2.44. The topological polar surface area (TPSA) is 92.7 Å². The van der Waals surface area contributed by atoms with Gasteiger partial charge in [0.25, 0.3) is 0 Å². The van der Waals surface area contributed by atoms with E-state index in [9.17, 15) is 14.4 Å². The molecule has 0 heterocycles. The zero-order chi connectivity index (χ0) is 17.7. The lowest BCUT2D eigenvalue weighted by molar-refractivity contribution is -0.148. The maximum absolute atomic E-state index is 11.7. The number of unbranched alkanes of at least 4 members (excludes halogenated alkanes) is 6. The van der Waals surface area contributed by atoms with Crippen LogP contribution in [0.5, 0.6) is 0 Å². The molecule has 6 nitrogen and oxygen atoms in total. The summed E-state index contributed by atoms with van der Waals surface area (Å²) in [7, 11) is 0. The van der Waals surface area contributed by atoms with Crippen LogP contribution in [0.15, 0.2) is 12.2 Å². The highest BCUT2D eigenvalue weighted by Crippen LogP contribution is 2.08. The summed E-state index contributed by atoms with van der Waals surface area (Å²) in [4.78, 5) is 34.1. The molecule has 1 atom stereocenters. The van der Waals surface area contributed by atoms with Crippen LogP contribution in [0.3, 0.4) is 0 Å². The van der Waals surface area contributed by atoms with E-state index < -0.39 is 24.6 Å². The quantitative estimate of drug-likeness (QED) is 0.308. The number of nitrogens with one attached hydrogen (secondary N) is 1. The molecule has 6 heteroatoms. The zero-order valence-corrected chi connectivity index (χ0v) is 14.2. The monoisotopic (exact) mass is 327 g/mol. The Morgan fingerprint density at radius 3 is 2.17 bits per heavy atom. The maximum atomic E-state index is 11.7. The first-order chi connectivity index (χ1) is 10.9. The van der Waals surface area contributed by atoms with Crippen LogP contribution in [0.1, 0.15) is 65.2 Å². The molecule has 0 rings (SSSR count). The minimum atomic E-state index is -1.23. The van der Waals surface area contributed by atoms with Crippen molar-refractivity contribution in [3.05, 3.63) is 12.2 Å². The van der Waals surface area contributed by atoms with E-state index in [0.717, 1.165) is 19.3 Å². The number of esters is 1. The highest BCUT2D eigenvalue weighted by molar-refractivity contribution is 5.88. The Hall–Kier alpha value is -1.85. The van der Waals surface area contributed by atoms with E-state index in [-0.39, 0.29) is 17.9 Å². The number of carbonyl (C=O) groups excluding carboxylic acids is 2. The molecule has 0 aliphatic rings. The van der Waals surface area contributed by atoms with Gasteiger partial charge in [-0.25, -0.2) is 9.59 Å². The average molecular weight is 327 g/mol. The minimum Gasteiger partial charge on any atom is -0.480 e. The van der Waals surface area contributed by atoms with Crippen molar-refractivity contribution in [3.63, 3.8) is 0 Å². The van der Waals surface area contributed by atoms with Gasteiger partial charge >= 0.3 is 11.9 Å². The number of carboxylic acid groups (broad SMARTS) is 1. The molecule has 0 aromatic heterocycles. The zero-order valence-electron chi connectivity index (χ0n) is 14.2. The van der Waals surface area contributed by atoms with Gasteiger partial charge in [-0.2, -0.15) is 0 Å². The number of rotatable bonds is 13. The minimum absolute atomic E-state index is 0.184. The summed E-state index contributed by atoms with van der Waals surface area (Å²) >= 11 is 0. The summed E-state index contributed by atoms with van der Waals surface area (Å²) in [5.41, 5.74) is 0.184. The van der Waals surface area contributed by atoms with Crippen LogP contribution < -0.4 is 5.32 Å². The number of carboxylic acids is 1. The van der Waals surface area contributed by atoms with E-state index in [0.29, 0.717) is 0 Å². The summed E-state index contributed by atoms with van der Waals surface area (Å²) in [6.45, 7) is 6.64. The third-order valence-electron chi connectivity index (χ3n) is 3.37. The fourth-order valence-corrected chi connectivity index (χ4v) is 1.97. The third kappa shape index (κ3) is 11.4. The molecule has 0 bridgehead atoms. The molecule has 1 unspecified atom stereocenters. The van der Waals surface area contributed by atoms with Crippen molar-refractivity contribution in [1.82, 2.24) is 5.32 Å². The Labute approximate surface area is 138 Å². The largest absolute Gasteiger partial charge is 0.480 e. The summed E-state index contributed by atoms with van der Waals surface area (Å²) in [6.07, 6.45) is 7.90. The number of hydrogen-bond acceptors (Lipinski definition) is 4. The molecular formula is C17H29NO5. The van der Waals surface area contributed by atoms with Gasteiger partial charge in [0, 0.05) is 12.0 Å². The number of ether oxygens (including phenoxy) is 1. The predicted molar refractivity (Wildman–Crippen MR) is 87.9 cm³/mol. The summed E-state index contributed by atoms with van der Waals surface area (Å²) in [5.74, 6) is -2.23. The van der Waals surface area contributed by atoms with E-state index in [4.69, 9.17) is 9.84 Å². The smallest absolute Gasteiger partial charge is 0.333 e. The molecule has 0 saturated heterocycles. The summed E-state index contributed by atoms with van der Waals surface area (Å²) < 4.78 is 4.77. The molecule has 0 aromatic rings. The van der Waals surface area contributed by atoms with Crippen LogP contribution in [0.4, 0.5) is 0 Å². The Kier molecular flexibility index (Phi) is 11.7. The van der Waals surface area contributed by atoms with Crippen LogP contribution in [0.25, 0.3) is 0 Å². The predicted octanol–water partition coefficient (Wildman–Crippen LogP) is 2.82. The van der Waals surface area contributed by atoms with Gasteiger partial charge in [-0.3, -0.25) is 4.79 Å². The Morgan fingerprint density at radius 1 is 1.09 bits per heavy atom. The summed E-state index contributed by atoms with van der Waals surface area (Å²) in [6, 6.07) is -1.23. The highest BCUT2D eigenvalue weighted by Gasteiger charge is 2.21. The van der Waals surface area contributed by atoms with Gasteiger partial charge in [0.15, 0.2) is 6.04 Å². The van der Waals surface area contributed by atoms with Crippen molar-refractivity contribution >= 4 is 17.8 Å². The Bertz CT molecular complexity index is 406. The average Bonchev–Trinajstić information content (AvgIpc) is 2.49. The number of hydrogen-bond donors (Lipinski definition) is 2. The molecule has 23 heavy (non-hydrogen) atoms. The van der Waals surface area contributed by atoms with Gasteiger partial charge in [-0.15, -0.1) is 0 Å². The molecular weight excluding hydrogens is 298 g/mol. The fraction of sp³-hybridized carbons (Fsp3) is 0.706. The third-order valence-corrected chi connectivity index (χ3v) is 3.37. The lowest BCUT2D eigenvalue weighted by Gasteiger charge is -2.14. The lowest BCUT2D eigenvalue weighted by atomic mass is 10.1. The van der Waals surface area contributed by atoms with Crippen LogP contribution in [0.2, 0.25) is 0 Å². The standard InChI is InChI=1S/C17H29NO5/c1-4-5-6-7-8-9-10-11-15(19)18-14(16(20)21)12-23-17(22)13(2)3/h14H,2,4-12H2,1,3H3,(H,18,19)(H,20,21). The first kappa shape index (κ1) is 21.1. The highest BCUT2D eigenvalue weighted by atomic mass is 16.5. The van der Waals surface area contributed by atoms with Gasteiger partial charge < -0.3 is 15.2 Å². The van der Waals surface area contributed by atoms with Crippen molar-refractivity contribution in [2.45, 2.75) is 71.3 Å². The molecule has 0 spiro atoms. The SMILES string of the molecule is C=C(C)C(=O)OCC(NC(=O)CCCCCCCCC)C(=O)O. The van der Waals surface area contributed by atoms with Crippen molar-refractivity contribution < 1.29 is 24.2 Å². The van der Waals surface area contributed by atoms with E-state index in [2.05, 4.69) is 18.8 Å². The van der Waals surface area contributed by atoms with Crippen molar-refractivity contribution in [2.75, 3.05) is 6.61 Å². The first-order valence-electron chi connectivity index (χ1n) is 8.23. The van der Waals surface area contributed by atoms with Crippen molar-refractivity contribution in [1.29, 1.82) is 0 Å². The molecule has 0 saturated carbocycles. The molecule has 0 aromatic carbocycles. The number of carbonyl (C=O) groups is 3. The van der Waals surface area contributed by atoms with Gasteiger partial charge in [0.2, 0.25) is 5.91 Å². The number of aliphatic carboxylic acids is 1. The van der Waals surface area contributed by atoms with E-state index in [1.54, 1.807) is 0 Å². The van der Waals surface area contributed by atoms with Crippen LogP contribution in [-0.2, 0) is 19.1 Å². The van der Waals surface area contributed by atoms with Crippen LogP contribution in [-0.4, -0.2) is 35.6 Å². The Balaban J connectivity index is 3.95. The van der Waals surface area contributed by atoms with E-state index >= 15 is 0 Å². The second-order valence-electron chi connectivity index (χ2n) is 5.71. The summed E-state index contributed by atoms with van der Waals surface area (Å²) in [5, 5.41) is 11.4. The molecule has 0 aliphatic heterocycles. The molecule has 132 valence electrons. The van der Waals surface area contributed by atoms with E-state index in [1.807, 2.05) is 0 Å². The first-order valence-corrected chi connectivity index (χ1v) is 8.23. The van der Waals surface area contributed by atoms with Gasteiger partial charge in [-0.05, 0) is 13.3 Å². The molecule has 0 fully saturated rings. The fourth-order valence-electron chi connectivity index (χ4n) is 1.97.